The van der Waals surface area contributed by atoms with Crippen LogP contribution >= 0.6 is 0 Å². The van der Waals surface area contributed by atoms with Crippen LogP contribution in [0.15, 0.2) is 53.0 Å². The Kier molecular flexibility index (Phi) is 7.20. The number of primary amides is 1. The number of nitrogens with two attached hydrogens (primary N) is 1. The predicted octanol–water partition coefficient (Wildman–Crippen LogP) is 1.67. The van der Waals surface area contributed by atoms with Crippen LogP contribution in [0.1, 0.15) is 33.5 Å². The number of benzene rings is 2. The van der Waals surface area contributed by atoms with Gasteiger partial charge >= 0.3 is 0 Å². The van der Waals surface area contributed by atoms with Crippen LogP contribution in [0, 0.1) is 23.2 Å². The fourth-order valence-corrected chi connectivity index (χ4v) is 6.73. The molecule has 4 atom stereocenters. The van der Waals surface area contributed by atoms with Gasteiger partial charge in [-0.15, -0.1) is 0 Å². The molecule has 2 aromatic carbocycles. The van der Waals surface area contributed by atoms with Crippen LogP contribution in [-0.2, 0) is 22.6 Å². The number of nitriles is 1. The van der Waals surface area contributed by atoms with E-state index >= 15 is 0 Å². The third-order valence-corrected chi connectivity index (χ3v) is 8.75. The van der Waals surface area contributed by atoms with Gasteiger partial charge < -0.3 is 36.4 Å². The highest BCUT2D eigenvalue weighted by molar-refractivity contribution is 6.25. The summed E-state index contributed by atoms with van der Waals surface area (Å²) in [5.74, 6) is -6.94. The molecule has 0 unspecified atom stereocenters. The molecule has 224 valence electrons. The molecule has 0 radical (unpaired) electrons. The summed E-state index contributed by atoms with van der Waals surface area (Å²) in [6.45, 7) is 0.267. The molecular weight excluding hydrogens is 554 g/mol. The first-order chi connectivity index (χ1) is 20.2. The average Bonchev–Trinajstić information content (AvgIpc) is 2.94. The third-order valence-electron chi connectivity index (χ3n) is 8.75. The molecule has 0 aromatic heterocycles. The van der Waals surface area contributed by atoms with Crippen molar-refractivity contribution >= 4 is 28.8 Å². The number of ketones is 2. The number of carbonyl (C=O) groups excluding carboxylic acids is 3. The van der Waals surface area contributed by atoms with Gasteiger partial charge in [0, 0.05) is 37.8 Å². The Morgan fingerprint density at radius 1 is 1.14 bits per heavy atom. The number of carbonyl (C=O) groups is 3. The van der Waals surface area contributed by atoms with Crippen LogP contribution in [0.2, 0.25) is 0 Å². The minimum Gasteiger partial charge on any atom is -0.510 e. The predicted molar refractivity (Wildman–Crippen MR) is 156 cm³/mol. The van der Waals surface area contributed by atoms with E-state index < -0.39 is 58.0 Å². The number of hydrogen-bond donors (Lipinski definition) is 6. The molecule has 0 fully saturated rings. The molecule has 2 aromatic rings. The number of rotatable bonds is 6. The molecule has 43 heavy (non-hydrogen) atoms. The Morgan fingerprint density at radius 2 is 1.79 bits per heavy atom. The number of anilines is 2. The second-order valence-corrected chi connectivity index (χ2v) is 11.7. The standard InChI is InChI=1S/C31H33N5O7/c1-35(2)20-11-19(34-13-15-7-5-14(12-32)6-8-15)25(37)22-17(20)9-16-10-18-24(36(3)4)27(39)23(30(33)42)29(41)31(18,43)28(40)21(16)26(22)38/h5-8,11,16,18,24,34,37,39-40,43H,9-10,13H2,1-4H3,(H2,33,42)/t16-,18-,24-,31-/m0/s1. The Morgan fingerprint density at radius 3 is 2.35 bits per heavy atom. The normalized spacial score (nSPS) is 24.7. The van der Waals surface area contributed by atoms with Gasteiger partial charge in [0.2, 0.25) is 5.78 Å². The number of nitrogens with one attached hydrogen (secondary N) is 1. The van der Waals surface area contributed by atoms with Crippen LogP contribution < -0.4 is 16.0 Å². The highest BCUT2D eigenvalue weighted by Gasteiger charge is 2.63. The van der Waals surface area contributed by atoms with Gasteiger partial charge in [-0.1, -0.05) is 12.1 Å². The zero-order valence-corrected chi connectivity index (χ0v) is 24.2. The number of amides is 1. The summed E-state index contributed by atoms with van der Waals surface area (Å²) in [6, 6.07) is 9.59. The number of fused-ring (bicyclic) bond motifs is 3. The van der Waals surface area contributed by atoms with Gasteiger partial charge in [-0.2, -0.15) is 5.26 Å². The highest BCUT2D eigenvalue weighted by atomic mass is 16.3. The number of aliphatic hydroxyl groups excluding tert-OH is 2. The number of allylic oxidation sites excluding steroid dienone is 1. The lowest BCUT2D eigenvalue weighted by molar-refractivity contribution is -0.148. The molecule has 0 spiro atoms. The zero-order chi connectivity index (χ0) is 31.5. The second-order valence-electron chi connectivity index (χ2n) is 11.7. The van der Waals surface area contributed by atoms with E-state index in [0.29, 0.717) is 16.8 Å². The number of aromatic hydroxyl groups is 1. The SMILES string of the molecule is CN(C)c1cc(NCc2ccc(C#N)cc2)c(O)c2c1C[C@H]1C[C@H]3[C@H](N(C)C)C(O)=C(C(N)=O)C(=O)[C@@]3(O)C(O)=C1C2=O. The fourth-order valence-electron chi connectivity index (χ4n) is 6.73. The van der Waals surface area contributed by atoms with Gasteiger partial charge in [0.05, 0.1) is 28.9 Å². The number of nitrogens with zero attached hydrogens (tertiary/aromatic N) is 3. The molecule has 1 amide bonds. The van der Waals surface area contributed by atoms with E-state index in [1.165, 1.54) is 4.90 Å². The van der Waals surface area contributed by atoms with Crippen molar-refractivity contribution in [3.8, 4) is 11.8 Å². The van der Waals surface area contributed by atoms with Crippen molar-refractivity contribution in [1.29, 1.82) is 5.26 Å². The van der Waals surface area contributed by atoms with Crippen LogP contribution in [0.4, 0.5) is 11.4 Å². The van der Waals surface area contributed by atoms with Crippen molar-refractivity contribution in [3.05, 3.63) is 75.3 Å². The molecule has 7 N–H and O–H groups in total. The molecule has 0 saturated carbocycles. The molecule has 5 rings (SSSR count). The van der Waals surface area contributed by atoms with Gasteiger partial charge in [-0.05, 0) is 62.2 Å². The van der Waals surface area contributed by atoms with Crippen molar-refractivity contribution in [2.24, 2.45) is 17.6 Å². The fraction of sp³-hybridized carbons (Fsp3) is 0.355. The summed E-state index contributed by atoms with van der Waals surface area (Å²) >= 11 is 0. The lowest BCUT2D eigenvalue weighted by atomic mass is 9.58. The lowest BCUT2D eigenvalue weighted by Crippen LogP contribution is -2.63. The number of aliphatic hydroxyl groups is 3. The minimum atomic E-state index is -2.70. The largest absolute Gasteiger partial charge is 0.510 e. The monoisotopic (exact) mass is 587 g/mol. The van der Waals surface area contributed by atoms with Gasteiger partial charge in [0.25, 0.3) is 5.91 Å². The molecule has 3 aliphatic rings. The zero-order valence-electron chi connectivity index (χ0n) is 24.2. The number of Topliss-reactive ketones (excluding diaryl/α,β-unsaturated/α-hetero) is 2. The average molecular weight is 588 g/mol. The number of phenols is 1. The summed E-state index contributed by atoms with van der Waals surface area (Å²) < 4.78 is 0. The first-order valence-electron chi connectivity index (χ1n) is 13.7. The Labute approximate surface area is 247 Å². The number of phenolic OH excluding ortho intramolecular Hbond substituents is 1. The van der Waals surface area contributed by atoms with Crippen molar-refractivity contribution < 1.29 is 34.8 Å². The molecule has 0 heterocycles. The van der Waals surface area contributed by atoms with Crippen LogP contribution in [-0.4, -0.2) is 82.6 Å². The molecule has 0 aliphatic heterocycles. The van der Waals surface area contributed by atoms with Crippen molar-refractivity contribution in [1.82, 2.24) is 4.90 Å². The van der Waals surface area contributed by atoms with Crippen molar-refractivity contribution in [2.75, 3.05) is 38.4 Å². The minimum absolute atomic E-state index is 0.0120. The molecule has 0 saturated heterocycles. The summed E-state index contributed by atoms with van der Waals surface area (Å²) in [4.78, 5) is 43.1. The van der Waals surface area contributed by atoms with Gasteiger partial charge in [0.1, 0.15) is 22.8 Å². The Balaban J connectivity index is 1.63. The maximum absolute atomic E-state index is 14.1. The molecule has 12 nitrogen and oxygen atoms in total. The highest BCUT2D eigenvalue weighted by Crippen LogP contribution is 2.53. The first-order valence-corrected chi connectivity index (χ1v) is 13.7. The Hall–Kier alpha value is -4.86. The Bertz CT molecular complexity index is 1670. The summed E-state index contributed by atoms with van der Waals surface area (Å²) in [5.41, 5.74) is 4.30. The van der Waals surface area contributed by atoms with Crippen LogP contribution in [0.25, 0.3) is 0 Å². The van der Waals surface area contributed by atoms with E-state index in [-0.39, 0.29) is 42.0 Å². The van der Waals surface area contributed by atoms with Crippen LogP contribution in [0.3, 0.4) is 0 Å². The third kappa shape index (κ3) is 4.40. The smallest absolute Gasteiger partial charge is 0.255 e. The van der Waals surface area contributed by atoms with E-state index in [1.807, 2.05) is 0 Å². The van der Waals surface area contributed by atoms with Gasteiger partial charge in [0.15, 0.2) is 11.4 Å². The van der Waals surface area contributed by atoms with E-state index in [0.717, 1.165) is 5.56 Å². The van der Waals surface area contributed by atoms with E-state index in [4.69, 9.17) is 11.0 Å². The molecule has 3 aliphatic carbocycles. The van der Waals surface area contributed by atoms with E-state index in [2.05, 4.69) is 11.4 Å². The molecule has 0 bridgehead atoms. The first kappa shape index (κ1) is 29.6. The topological polar surface area (TPSA) is 200 Å². The summed E-state index contributed by atoms with van der Waals surface area (Å²) in [6.07, 6.45) is 0.198. The van der Waals surface area contributed by atoms with Gasteiger partial charge in [-0.25, -0.2) is 0 Å². The molecule has 12 heteroatoms. The summed E-state index contributed by atoms with van der Waals surface area (Å²) in [7, 11) is 6.75. The van der Waals surface area contributed by atoms with E-state index in [9.17, 15) is 34.8 Å². The van der Waals surface area contributed by atoms with Crippen molar-refractivity contribution in [3.63, 3.8) is 0 Å². The maximum atomic E-state index is 14.1. The second kappa shape index (κ2) is 10.4. The maximum Gasteiger partial charge on any atom is 0.255 e. The molecular formula is C31H33N5O7. The van der Waals surface area contributed by atoms with Gasteiger partial charge in [-0.3, -0.25) is 19.3 Å². The lowest BCUT2D eigenvalue weighted by Gasteiger charge is -2.50. The summed E-state index contributed by atoms with van der Waals surface area (Å²) in [5, 5.41) is 57.8. The number of hydrogen-bond acceptors (Lipinski definition) is 11. The van der Waals surface area contributed by atoms with E-state index in [1.54, 1.807) is 63.4 Å². The quantitative estimate of drug-likeness (QED) is 0.212. The van der Waals surface area contributed by atoms with Crippen LogP contribution in [0.5, 0.6) is 5.75 Å². The number of likely N-dealkylation sites (N-methyl/N-ethyl adjacent to an activating group) is 1. The van der Waals surface area contributed by atoms with Crippen molar-refractivity contribution in [2.45, 2.75) is 31.0 Å².